The first-order chi connectivity index (χ1) is 10.5. The maximum Gasteiger partial charge on any atom is 0.288 e. The van der Waals surface area contributed by atoms with Crippen molar-refractivity contribution in [3.63, 3.8) is 0 Å². The number of thioether (sulfide) groups is 1. The van der Waals surface area contributed by atoms with Gasteiger partial charge >= 0.3 is 0 Å². The van der Waals surface area contributed by atoms with Crippen LogP contribution in [0, 0.1) is 0 Å². The maximum absolute atomic E-state index is 12.6. The standard InChI is InChI=1S/C16H20F2N2OS/c1-20(13-8-11-4-5-12(9-13)19-11)15(21)10-2-6-14(7-3-10)22-16(17)18/h2-3,6-7,11-13,16,19H,4-5,8-9H2,1H3. The van der Waals surface area contributed by atoms with Crippen molar-refractivity contribution in [1.82, 2.24) is 10.2 Å². The third-order valence-corrected chi connectivity index (χ3v) is 5.37. The number of hydrogen-bond acceptors (Lipinski definition) is 3. The number of benzene rings is 1. The van der Waals surface area contributed by atoms with Gasteiger partial charge in [-0.1, -0.05) is 11.8 Å². The van der Waals surface area contributed by atoms with Gasteiger partial charge in [0.05, 0.1) is 0 Å². The van der Waals surface area contributed by atoms with Crippen molar-refractivity contribution in [3.05, 3.63) is 29.8 Å². The molecule has 2 aliphatic rings. The Morgan fingerprint density at radius 3 is 2.36 bits per heavy atom. The van der Waals surface area contributed by atoms with Crippen LogP contribution in [0.25, 0.3) is 0 Å². The molecule has 2 unspecified atom stereocenters. The molecule has 2 aliphatic heterocycles. The quantitative estimate of drug-likeness (QED) is 0.861. The van der Waals surface area contributed by atoms with Crippen LogP contribution in [-0.4, -0.2) is 41.7 Å². The molecule has 2 atom stereocenters. The van der Waals surface area contributed by atoms with Gasteiger partial charge in [-0.3, -0.25) is 4.79 Å². The molecule has 2 bridgehead atoms. The number of halogens is 2. The molecule has 3 nitrogen and oxygen atoms in total. The molecule has 0 radical (unpaired) electrons. The summed E-state index contributed by atoms with van der Waals surface area (Å²) in [6, 6.07) is 7.78. The summed E-state index contributed by atoms with van der Waals surface area (Å²) in [6.45, 7) is 0. The summed E-state index contributed by atoms with van der Waals surface area (Å²) in [6.07, 6.45) is 4.39. The second-order valence-corrected chi connectivity index (χ2v) is 7.15. The van der Waals surface area contributed by atoms with Crippen LogP contribution in [0.5, 0.6) is 0 Å². The molecule has 22 heavy (non-hydrogen) atoms. The number of nitrogens with zero attached hydrogens (tertiary/aromatic N) is 1. The predicted molar refractivity (Wildman–Crippen MR) is 83.4 cm³/mol. The zero-order valence-electron chi connectivity index (χ0n) is 12.5. The van der Waals surface area contributed by atoms with Gasteiger partial charge in [0.1, 0.15) is 0 Å². The summed E-state index contributed by atoms with van der Waals surface area (Å²) in [5.41, 5.74) is 0.562. The molecule has 120 valence electrons. The lowest BCUT2D eigenvalue weighted by Gasteiger charge is -2.35. The summed E-state index contributed by atoms with van der Waals surface area (Å²) in [5.74, 6) is -2.46. The van der Waals surface area contributed by atoms with Crippen molar-refractivity contribution >= 4 is 17.7 Å². The minimum atomic E-state index is -2.44. The Morgan fingerprint density at radius 2 is 1.82 bits per heavy atom. The zero-order chi connectivity index (χ0) is 15.7. The maximum atomic E-state index is 12.6. The van der Waals surface area contributed by atoms with Gasteiger partial charge < -0.3 is 10.2 Å². The topological polar surface area (TPSA) is 32.3 Å². The van der Waals surface area contributed by atoms with E-state index in [0.717, 1.165) is 12.8 Å². The van der Waals surface area contributed by atoms with E-state index in [9.17, 15) is 13.6 Å². The molecule has 0 saturated carbocycles. The number of rotatable bonds is 4. The van der Waals surface area contributed by atoms with Crippen LogP contribution in [-0.2, 0) is 0 Å². The molecule has 2 fully saturated rings. The van der Waals surface area contributed by atoms with Gasteiger partial charge in [0.25, 0.3) is 11.7 Å². The number of carbonyl (C=O) groups is 1. The molecule has 2 saturated heterocycles. The molecule has 0 aliphatic carbocycles. The second kappa shape index (κ2) is 6.54. The zero-order valence-corrected chi connectivity index (χ0v) is 13.3. The molecule has 0 aromatic heterocycles. The third-order valence-electron chi connectivity index (χ3n) is 4.64. The minimum Gasteiger partial charge on any atom is -0.339 e. The van der Waals surface area contributed by atoms with Gasteiger partial charge in [0.2, 0.25) is 0 Å². The SMILES string of the molecule is CN(C(=O)c1ccc(SC(F)F)cc1)C1CC2CCC(C1)N2. The van der Waals surface area contributed by atoms with Crippen LogP contribution >= 0.6 is 11.8 Å². The lowest BCUT2D eigenvalue weighted by Crippen LogP contribution is -2.48. The van der Waals surface area contributed by atoms with Crippen molar-refractivity contribution in [3.8, 4) is 0 Å². The molecule has 6 heteroatoms. The van der Waals surface area contributed by atoms with Gasteiger partial charge in [-0.25, -0.2) is 0 Å². The van der Waals surface area contributed by atoms with E-state index in [1.165, 1.54) is 12.8 Å². The average Bonchev–Trinajstić information content (AvgIpc) is 2.84. The fourth-order valence-electron chi connectivity index (χ4n) is 3.49. The van der Waals surface area contributed by atoms with Crippen molar-refractivity contribution < 1.29 is 13.6 Å². The highest BCUT2D eigenvalue weighted by molar-refractivity contribution is 7.99. The molecule has 1 amide bonds. The van der Waals surface area contributed by atoms with Crippen LogP contribution in [0.2, 0.25) is 0 Å². The van der Waals surface area contributed by atoms with Crippen molar-refractivity contribution in [1.29, 1.82) is 0 Å². The number of hydrogen-bond donors (Lipinski definition) is 1. The molecule has 1 aromatic carbocycles. The highest BCUT2D eigenvalue weighted by Crippen LogP contribution is 2.30. The van der Waals surface area contributed by atoms with E-state index >= 15 is 0 Å². The van der Waals surface area contributed by atoms with Gasteiger partial charge in [0.15, 0.2) is 0 Å². The monoisotopic (exact) mass is 326 g/mol. The molecule has 1 N–H and O–H groups in total. The van der Waals surface area contributed by atoms with E-state index in [1.54, 1.807) is 24.3 Å². The Kier molecular flexibility index (Phi) is 4.68. The third kappa shape index (κ3) is 3.43. The summed E-state index contributed by atoms with van der Waals surface area (Å²) in [5, 5.41) is 3.57. The second-order valence-electron chi connectivity index (χ2n) is 6.08. The molecule has 3 rings (SSSR count). The van der Waals surface area contributed by atoms with Crippen LogP contribution in [0.4, 0.5) is 8.78 Å². The smallest absolute Gasteiger partial charge is 0.288 e. The normalized spacial score (nSPS) is 27.2. The Morgan fingerprint density at radius 1 is 1.23 bits per heavy atom. The summed E-state index contributed by atoms with van der Waals surface area (Å²) in [7, 11) is 1.85. The van der Waals surface area contributed by atoms with Crippen LogP contribution in [0.15, 0.2) is 29.2 Å². The molecule has 1 aromatic rings. The Hall–Kier alpha value is -1.14. The van der Waals surface area contributed by atoms with Crippen molar-refractivity contribution in [2.24, 2.45) is 0 Å². The number of nitrogens with one attached hydrogen (secondary N) is 1. The van der Waals surface area contributed by atoms with Gasteiger partial charge in [0, 0.05) is 35.6 Å². The number of piperidine rings is 1. The van der Waals surface area contributed by atoms with E-state index in [-0.39, 0.29) is 11.9 Å². The molecule has 0 spiro atoms. The van der Waals surface area contributed by atoms with Gasteiger partial charge in [-0.15, -0.1) is 0 Å². The van der Waals surface area contributed by atoms with E-state index in [1.807, 2.05) is 11.9 Å². The lowest BCUT2D eigenvalue weighted by atomic mass is 9.98. The number of carbonyl (C=O) groups excluding carboxylic acids is 1. The fourth-order valence-corrected chi connectivity index (χ4v) is 3.99. The first-order valence-corrected chi connectivity index (χ1v) is 8.49. The summed E-state index contributed by atoms with van der Waals surface area (Å²) >= 11 is 0.498. The summed E-state index contributed by atoms with van der Waals surface area (Å²) < 4.78 is 24.6. The molecular weight excluding hydrogens is 306 g/mol. The predicted octanol–water partition coefficient (Wildman–Crippen LogP) is 3.36. The highest BCUT2D eigenvalue weighted by Gasteiger charge is 2.36. The van der Waals surface area contributed by atoms with E-state index in [0.29, 0.717) is 34.3 Å². The lowest BCUT2D eigenvalue weighted by molar-refractivity contribution is 0.0681. The van der Waals surface area contributed by atoms with Gasteiger partial charge in [-0.2, -0.15) is 8.78 Å². The van der Waals surface area contributed by atoms with E-state index < -0.39 is 5.76 Å². The van der Waals surface area contributed by atoms with Crippen molar-refractivity contribution in [2.75, 3.05) is 7.05 Å². The number of amides is 1. The van der Waals surface area contributed by atoms with Crippen LogP contribution < -0.4 is 5.32 Å². The minimum absolute atomic E-state index is 0.0279. The number of alkyl halides is 2. The molecular formula is C16H20F2N2OS. The van der Waals surface area contributed by atoms with Crippen LogP contribution in [0.1, 0.15) is 36.0 Å². The highest BCUT2D eigenvalue weighted by atomic mass is 32.2. The number of fused-ring (bicyclic) bond motifs is 2. The fraction of sp³-hybridized carbons (Fsp3) is 0.562. The Bertz CT molecular complexity index is 525. The first kappa shape index (κ1) is 15.7. The van der Waals surface area contributed by atoms with Gasteiger partial charge in [-0.05, 0) is 49.9 Å². The van der Waals surface area contributed by atoms with E-state index in [2.05, 4.69) is 5.32 Å². The largest absolute Gasteiger partial charge is 0.339 e. The van der Waals surface area contributed by atoms with E-state index in [4.69, 9.17) is 0 Å². The Labute approximate surface area is 133 Å². The summed E-state index contributed by atoms with van der Waals surface area (Å²) in [4.78, 5) is 14.9. The average molecular weight is 326 g/mol. The van der Waals surface area contributed by atoms with Crippen LogP contribution in [0.3, 0.4) is 0 Å². The van der Waals surface area contributed by atoms with Crippen molar-refractivity contribution in [2.45, 2.75) is 54.5 Å². The Balaban J connectivity index is 1.65. The molecule has 2 heterocycles. The first-order valence-electron chi connectivity index (χ1n) is 7.61.